The van der Waals surface area contributed by atoms with Crippen molar-refractivity contribution < 1.29 is 14.6 Å². The van der Waals surface area contributed by atoms with E-state index in [0.29, 0.717) is 6.10 Å². The number of methoxy groups -OCH3 is 1. The second-order valence-electron chi connectivity index (χ2n) is 8.05. The number of aliphatic hydroxyl groups is 1. The summed E-state index contributed by atoms with van der Waals surface area (Å²) in [5.74, 6) is 0.940. The van der Waals surface area contributed by atoms with Crippen LogP contribution >= 0.6 is 0 Å². The maximum absolute atomic E-state index is 10.1. The second-order valence-corrected chi connectivity index (χ2v) is 8.05. The van der Waals surface area contributed by atoms with Gasteiger partial charge in [-0.15, -0.1) is 0 Å². The molecule has 0 amide bonds. The Morgan fingerprint density at radius 2 is 2.04 bits per heavy atom. The van der Waals surface area contributed by atoms with Crippen LogP contribution in [0.5, 0.6) is 5.75 Å². The number of rotatable bonds is 10. The number of benzene rings is 1. The molecular weight excluding hydrogens is 352 g/mol. The summed E-state index contributed by atoms with van der Waals surface area (Å²) in [6.07, 6.45) is 4.71. The van der Waals surface area contributed by atoms with Gasteiger partial charge in [0.15, 0.2) is 0 Å². The Morgan fingerprint density at radius 1 is 1.25 bits per heavy atom. The molecule has 1 fully saturated rings. The normalized spacial score (nSPS) is 20.4. The fourth-order valence-electron chi connectivity index (χ4n) is 4.13. The van der Waals surface area contributed by atoms with E-state index in [1.54, 1.807) is 7.11 Å². The molecule has 0 radical (unpaired) electrons. The molecule has 1 N–H and O–H groups in total. The summed E-state index contributed by atoms with van der Waals surface area (Å²) in [4.78, 5) is 4.86. The van der Waals surface area contributed by atoms with Crippen LogP contribution in [0.1, 0.15) is 57.9 Å². The molecule has 2 rings (SSSR count). The highest BCUT2D eigenvalue weighted by Crippen LogP contribution is 2.37. The van der Waals surface area contributed by atoms with Gasteiger partial charge >= 0.3 is 0 Å². The molecule has 0 aromatic heterocycles. The molecule has 1 heterocycles. The number of anilines is 1. The molecule has 0 saturated carbocycles. The van der Waals surface area contributed by atoms with E-state index in [0.717, 1.165) is 56.1 Å². The second kappa shape index (κ2) is 11.6. The Balaban J connectivity index is 1.95. The van der Waals surface area contributed by atoms with Gasteiger partial charge in [0.05, 0.1) is 25.0 Å². The third-order valence-corrected chi connectivity index (χ3v) is 5.98. The molecule has 0 spiro atoms. The number of aliphatic hydroxyl groups excluding tert-OH is 1. The van der Waals surface area contributed by atoms with Crippen molar-refractivity contribution in [2.45, 2.75) is 64.6 Å². The van der Waals surface area contributed by atoms with Gasteiger partial charge in [-0.25, -0.2) is 0 Å². The number of ether oxygens (including phenoxy) is 2. The van der Waals surface area contributed by atoms with Crippen LogP contribution in [0.15, 0.2) is 18.2 Å². The molecule has 1 aliphatic rings. The van der Waals surface area contributed by atoms with Gasteiger partial charge in [-0.05, 0) is 64.3 Å². The van der Waals surface area contributed by atoms with Gasteiger partial charge in [-0.3, -0.25) is 0 Å². The molecule has 1 aromatic carbocycles. The lowest BCUT2D eigenvalue weighted by Gasteiger charge is -2.29. The lowest BCUT2D eigenvalue weighted by molar-refractivity contribution is 0.0526. The minimum absolute atomic E-state index is 0.0636. The van der Waals surface area contributed by atoms with Crippen molar-refractivity contribution in [3.63, 3.8) is 0 Å². The van der Waals surface area contributed by atoms with Gasteiger partial charge < -0.3 is 24.4 Å². The van der Waals surface area contributed by atoms with Crippen molar-refractivity contribution in [2.24, 2.45) is 0 Å². The van der Waals surface area contributed by atoms with Crippen molar-refractivity contribution in [3.05, 3.63) is 23.8 Å². The lowest BCUT2D eigenvalue weighted by Crippen LogP contribution is -2.30. The zero-order valence-corrected chi connectivity index (χ0v) is 18.5. The molecular formula is C23H40N2O3. The number of hydrogen-bond acceptors (Lipinski definition) is 5. The average molecular weight is 393 g/mol. The van der Waals surface area contributed by atoms with E-state index < -0.39 is 6.10 Å². The highest BCUT2D eigenvalue weighted by atomic mass is 16.5. The highest BCUT2D eigenvalue weighted by molar-refractivity contribution is 5.64. The van der Waals surface area contributed by atoms with Crippen molar-refractivity contribution in [1.29, 1.82) is 0 Å². The number of nitrogens with zero attached hydrogens (tertiary/aromatic N) is 2. The fourth-order valence-corrected chi connectivity index (χ4v) is 4.13. The smallest absolute Gasteiger partial charge is 0.142 e. The maximum atomic E-state index is 10.1. The van der Waals surface area contributed by atoms with E-state index in [4.69, 9.17) is 9.47 Å². The Bertz CT molecular complexity index is 579. The molecule has 1 aliphatic heterocycles. The predicted octanol–water partition coefficient (Wildman–Crippen LogP) is 3.90. The standard InChI is InChI=1S/C23H40N2O3/c1-6-28-20-10-8-15-25(17-13-20)16-9-14-24(4)23-21(18(2)19(3)26)11-7-12-22(23)27-5/h7,11-12,18-20,26H,6,8-10,13-17H2,1-5H3. The Hall–Kier alpha value is -1.30. The monoisotopic (exact) mass is 392 g/mol. The predicted molar refractivity (Wildman–Crippen MR) is 117 cm³/mol. The summed E-state index contributed by atoms with van der Waals surface area (Å²) in [5, 5.41) is 10.1. The van der Waals surface area contributed by atoms with Crippen LogP contribution < -0.4 is 9.64 Å². The summed E-state index contributed by atoms with van der Waals surface area (Å²) in [6.45, 7) is 11.2. The first kappa shape index (κ1) is 23.0. The average Bonchev–Trinajstić information content (AvgIpc) is 2.92. The molecule has 5 heteroatoms. The van der Waals surface area contributed by atoms with Crippen LogP contribution in [0.3, 0.4) is 0 Å². The van der Waals surface area contributed by atoms with E-state index >= 15 is 0 Å². The van der Waals surface area contributed by atoms with Crippen LogP contribution in [0.4, 0.5) is 5.69 Å². The largest absolute Gasteiger partial charge is 0.495 e. The maximum Gasteiger partial charge on any atom is 0.142 e. The van der Waals surface area contributed by atoms with Crippen molar-refractivity contribution in [3.8, 4) is 5.75 Å². The molecule has 0 aliphatic carbocycles. The van der Waals surface area contributed by atoms with Crippen molar-refractivity contribution in [1.82, 2.24) is 4.90 Å². The van der Waals surface area contributed by atoms with Gasteiger partial charge in [-0.1, -0.05) is 19.1 Å². The molecule has 0 bridgehead atoms. The first-order valence-electron chi connectivity index (χ1n) is 10.9. The van der Waals surface area contributed by atoms with Crippen LogP contribution in [-0.2, 0) is 4.74 Å². The number of likely N-dealkylation sites (tertiary alicyclic amines) is 1. The molecule has 3 unspecified atom stereocenters. The molecule has 3 atom stereocenters. The zero-order valence-electron chi connectivity index (χ0n) is 18.5. The van der Waals surface area contributed by atoms with Crippen LogP contribution in [0.25, 0.3) is 0 Å². The summed E-state index contributed by atoms with van der Waals surface area (Å²) in [6, 6.07) is 6.12. The molecule has 28 heavy (non-hydrogen) atoms. The van der Waals surface area contributed by atoms with Crippen LogP contribution in [0, 0.1) is 0 Å². The lowest BCUT2D eigenvalue weighted by atomic mass is 9.93. The minimum Gasteiger partial charge on any atom is -0.495 e. The third-order valence-electron chi connectivity index (χ3n) is 5.98. The van der Waals surface area contributed by atoms with E-state index in [9.17, 15) is 5.11 Å². The quantitative estimate of drug-likeness (QED) is 0.654. The fraction of sp³-hybridized carbons (Fsp3) is 0.739. The molecule has 1 saturated heterocycles. The molecule has 5 nitrogen and oxygen atoms in total. The minimum atomic E-state index is -0.394. The van der Waals surface area contributed by atoms with Gasteiger partial charge in [0.25, 0.3) is 0 Å². The van der Waals surface area contributed by atoms with Gasteiger partial charge in [0.1, 0.15) is 5.75 Å². The van der Waals surface area contributed by atoms with Gasteiger partial charge in [0.2, 0.25) is 0 Å². The Morgan fingerprint density at radius 3 is 2.71 bits per heavy atom. The summed E-state index contributed by atoms with van der Waals surface area (Å²) in [7, 11) is 3.85. The topological polar surface area (TPSA) is 45.2 Å². The summed E-state index contributed by atoms with van der Waals surface area (Å²) >= 11 is 0. The van der Waals surface area contributed by atoms with Gasteiger partial charge in [-0.2, -0.15) is 0 Å². The molecule has 1 aromatic rings. The van der Waals surface area contributed by atoms with Crippen LogP contribution in [0.2, 0.25) is 0 Å². The summed E-state index contributed by atoms with van der Waals surface area (Å²) in [5.41, 5.74) is 2.25. The Labute approximate surface area is 171 Å². The van der Waals surface area contributed by atoms with Crippen LogP contribution in [-0.4, -0.2) is 69.2 Å². The SMILES string of the molecule is CCOC1CCCN(CCCN(C)c2c(OC)cccc2C(C)C(C)O)CC1. The third kappa shape index (κ3) is 6.36. The van der Waals surface area contributed by atoms with E-state index in [1.165, 1.54) is 19.4 Å². The first-order chi connectivity index (χ1) is 13.5. The molecule has 160 valence electrons. The Kier molecular flexibility index (Phi) is 9.56. The van der Waals surface area contributed by atoms with Crippen molar-refractivity contribution in [2.75, 3.05) is 51.8 Å². The van der Waals surface area contributed by atoms with Gasteiger partial charge in [0, 0.05) is 32.7 Å². The highest BCUT2D eigenvalue weighted by Gasteiger charge is 2.21. The van der Waals surface area contributed by atoms with E-state index in [-0.39, 0.29) is 5.92 Å². The van der Waals surface area contributed by atoms with Crippen molar-refractivity contribution >= 4 is 5.69 Å². The van der Waals surface area contributed by atoms with E-state index in [1.807, 2.05) is 19.1 Å². The zero-order chi connectivity index (χ0) is 20.5. The van der Waals surface area contributed by atoms with E-state index in [2.05, 4.69) is 36.8 Å². The first-order valence-corrected chi connectivity index (χ1v) is 10.9. The summed E-state index contributed by atoms with van der Waals surface area (Å²) < 4.78 is 11.5. The number of hydrogen-bond donors (Lipinski definition) is 1. The number of para-hydroxylation sites is 1.